The van der Waals surface area contributed by atoms with E-state index in [2.05, 4.69) is 5.32 Å². The molecular weight excluding hydrogens is 249 g/mol. The zero-order chi connectivity index (χ0) is 13.0. The molecule has 0 heterocycles. The molecule has 0 spiro atoms. The van der Waals surface area contributed by atoms with Crippen LogP contribution in [0.4, 0.5) is 4.39 Å². The van der Waals surface area contributed by atoms with Gasteiger partial charge in [0.1, 0.15) is 5.82 Å². The highest BCUT2D eigenvalue weighted by atomic mass is 35.5. The third-order valence-corrected chi connectivity index (χ3v) is 3.30. The molecule has 0 aromatic heterocycles. The first kappa shape index (κ1) is 13.1. The molecule has 0 saturated heterocycles. The van der Waals surface area contributed by atoms with Crippen LogP contribution in [0.3, 0.4) is 0 Å². The molecule has 1 N–H and O–H groups in total. The number of rotatable bonds is 4. The number of benzene rings is 2. The van der Waals surface area contributed by atoms with E-state index in [1.54, 1.807) is 12.1 Å². The predicted molar refractivity (Wildman–Crippen MR) is 73.1 cm³/mol. The molecule has 0 amide bonds. The summed E-state index contributed by atoms with van der Waals surface area (Å²) in [6.07, 6.45) is 0. The number of hydrogen-bond acceptors (Lipinski definition) is 1. The third kappa shape index (κ3) is 3.09. The highest BCUT2D eigenvalue weighted by Gasteiger charge is 2.09. The van der Waals surface area contributed by atoms with Crippen LogP contribution in [0.15, 0.2) is 48.5 Å². The zero-order valence-electron chi connectivity index (χ0n) is 10.2. The first-order valence-electron chi connectivity index (χ1n) is 5.89. The summed E-state index contributed by atoms with van der Waals surface area (Å²) < 4.78 is 13.6. The first-order chi connectivity index (χ1) is 8.68. The van der Waals surface area contributed by atoms with Crippen LogP contribution in [-0.2, 0) is 6.54 Å². The van der Waals surface area contributed by atoms with Crippen molar-refractivity contribution in [3.05, 3.63) is 70.5 Å². The van der Waals surface area contributed by atoms with E-state index >= 15 is 0 Å². The molecule has 18 heavy (non-hydrogen) atoms. The van der Waals surface area contributed by atoms with Crippen molar-refractivity contribution in [2.24, 2.45) is 0 Å². The van der Waals surface area contributed by atoms with Crippen LogP contribution < -0.4 is 5.32 Å². The zero-order valence-corrected chi connectivity index (χ0v) is 10.9. The Morgan fingerprint density at radius 3 is 2.50 bits per heavy atom. The Bertz CT molecular complexity index is 493. The predicted octanol–water partition coefficient (Wildman–Crippen LogP) is 4.33. The van der Waals surface area contributed by atoms with Gasteiger partial charge in [-0.15, -0.1) is 0 Å². The maximum absolute atomic E-state index is 13.6. The van der Waals surface area contributed by atoms with E-state index in [0.29, 0.717) is 17.1 Å². The lowest BCUT2D eigenvalue weighted by Gasteiger charge is -2.15. The van der Waals surface area contributed by atoms with Crippen LogP contribution >= 0.6 is 11.6 Å². The van der Waals surface area contributed by atoms with E-state index in [0.717, 1.165) is 0 Å². The minimum absolute atomic E-state index is 0.155. The molecule has 0 aliphatic rings. The molecule has 1 nitrogen and oxygen atoms in total. The molecule has 0 bridgehead atoms. The topological polar surface area (TPSA) is 12.0 Å². The fraction of sp³-hybridized carbons (Fsp3) is 0.200. The fourth-order valence-corrected chi connectivity index (χ4v) is 2.05. The average molecular weight is 264 g/mol. The Labute approximate surface area is 112 Å². The van der Waals surface area contributed by atoms with Gasteiger partial charge < -0.3 is 5.32 Å². The largest absolute Gasteiger partial charge is 0.306 e. The van der Waals surface area contributed by atoms with Gasteiger partial charge in [-0.25, -0.2) is 4.39 Å². The van der Waals surface area contributed by atoms with Gasteiger partial charge in [-0.05, 0) is 24.6 Å². The van der Waals surface area contributed by atoms with E-state index in [1.807, 2.05) is 37.3 Å². The molecule has 0 aliphatic carbocycles. The van der Waals surface area contributed by atoms with Gasteiger partial charge in [0.2, 0.25) is 0 Å². The molecule has 2 rings (SSSR count). The molecule has 3 heteroatoms. The SMILES string of the molecule is C[C@H](NCc1c(F)cccc1Cl)c1ccccc1. The minimum Gasteiger partial charge on any atom is -0.306 e. The molecule has 0 radical (unpaired) electrons. The van der Waals surface area contributed by atoms with Gasteiger partial charge in [0.15, 0.2) is 0 Å². The standard InChI is InChI=1S/C15H15ClFN/c1-11(12-6-3-2-4-7-12)18-10-13-14(16)8-5-9-15(13)17/h2-9,11,18H,10H2,1H3/t11-/m0/s1. The first-order valence-corrected chi connectivity index (χ1v) is 6.27. The summed E-state index contributed by atoms with van der Waals surface area (Å²) in [5, 5.41) is 3.73. The summed E-state index contributed by atoms with van der Waals surface area (Å²) in [6, 6.07) is 14.9. The van der Waals surface area contributed by atoms with Crippen LogP contribution in [-0.4, -0.2) is 0 Å². The van der Waals surface area contributed by atoms with Gasteiger partial charge in [0, 0.05) is 23.2 Å². The lowest BCUT2D eigenvalue weighted by Crippen LogP contribution is -2.19. The molecule has 1 atom stereocenters. The molecule has 0 unspecified atom stereocenters. The monoisotopic (exact) mass is 263 g/mol. The minimum atomic E-state index is -0.268. The Hall–Kier alpha value is -1.38. The van der Waals surface area contributed by atoms with Gasteiger partial charge >= 0.3 is 0 Å². The molecule has 0 saturated carbocycles. The summed E-state index contributed by atoms with van der Waals surface area (Å²) in [7, 11) is 0. The van der Waals surface area contributed by atoms with Crippen molar-refractivity contribution in [2.45, 2.75) is 19.5 Å². The van der Waals surface area contributed by atoms with Gasteiger partial charge in [-0.1, -0.05) is 48.0 Å². The third-order valence-electron chi connectivity index (χ3n) is 2.95. The van der Waals surface area contributed by atoms with Crippen molar-refractivity contribution in [3.63, 3.8) is 0 Å². The highest BCUT2D eigenvalue weighted by Crippen LogP contribution is 2.20. The van der Waals surface area contributed by atoms with Gasteiger partial charge in [-0.2, -0.15) is 0 Å². The van der Waals surface area contributed by atoms with Crippen molar-refractivity contribution >= 4 is 11.6 Å². The normalized spacial score (nSPS) is 12.4. The van der Waals surface area contributed by atoms with E-state index in [-0.39, 0.29) is 11.9 Å². The van der Waals surface area contributed by atoms with Crippen LogP contribution in [0.25, 0.3) is 0 Å². The van der Waals surface area contributed by atoms with Crippen LogP contribution in [0.2, 0.25) is 5.02 Å². The summed E-state index contributed by atoms with van der Waals surface area (Å²) in [6.45, 7) is 2.46. The summed E-state index contributed by atoms with van der Waals surface area (Å²) in [4.78, 5) is 0. The van der Waals surface area contributed by atoms with Crippen molar-refractivity contribution in [1.82, 2.24) is 5.32 Å². The average Bonchev–Trinajstić information content (AvgIpc) is 2.39. The quantitative estimate of drug-likeness (QED) is 0.866. The second kappa shape index (κ2) is 5.98. The number of hydrogen-bond donors (Lipinski definition) is 1. The fourth-order valence-electron chi connectivity index (χ4n) is 1.82. The number of nitrogens with one attached hydrogen (secondary N) is 1. The summed E-state index contributed by atoms with van der Waals surface area (Å²) in [5.41, 5.74) is 1.69. The highest BCUT2D eigenvalue weighted by molar-refractivity contribution is 6.31. The molecule has 94 valence electrons. The van der Waals surface area contributed by atoms with Gasteiger partial charge in [0.05, 0.1) is 0 Å². The summed E-state index contributed by atoms with van der Waals surface area (Å²) >= 11 is 5.98. The van der Waals surface area contributed by atoms with E-state index < -0.39 is 0 Å². The van der Waals surface area contributed by atoms with Crippen LogP contribution in [0, 0.1) is 5.82 Å². The second-order valence-corrected chi connectivity index (χ2v) is 4.62. The molecular formula is C15H15ClFN. The number of halogens is 2. The molecule has 0 aliphatic heterocycles. The smallest absolute Gasteiger partial charge is 0.129 e. The maximum Gasteiger partial charge on any atom is 0.129 e. The van der Waals surface area contributed by atoms with E-state index in [1.165, 1.54) is 11.6 Å². The van der Waals surface area contributed by atoms with Crippen LogP contribution in [0.1, 0.15) is 24.1 Å². The van der Waals surface area contributed by atoms with E-state index in [4.69, 9.17) is 11.6 Å². The van der Waals surface area contributed by atoms with Crippen molar-refractivity contribution in [3.8, 4) is 0 Å². The Morgan fingerprint density at radius 2 is 1.83 bits per heavy atom. The Morgan fingerprint density at radius 1 is 1.11 bits per heavy atom. The lowest BCUT2D eigenvalue weighted by atomic mass is 10.1. The summed E-state index contributed by atoms with van der Waals surface area (Å²) in [5.74, 6) is -0.268. The Balaban J connectivity index is 2.04. The van der Waals surface area contributed by atoms with Crippen LogP contribution in [0.5, 0.6) is 0 Å². The molecule has 2 aromatic carbocycles. The van der Waals surface area contributed by atoms with Gasteiger partial charge in [0.25, 0.3) is 0 Å². The van der Waals surface area contributed by atoms with E-state index in [9.17, 15) is 4.39 Å². The van der Waals surface area contributed by atoms with Crippen molar-refractivity contribution in [2.75, 3.05) is 0 Å². The van der Waals surface area contributed by atoms with Crippen molar-refractivity contribution < 1.29 is 4.39 Å². The molecule has 2 aromatic rings. The second-order valence-electron chi connectivity index (χ2n) is 4.21. The molecule has 0 fully saturated rings. The van der Waals surface area contributed by atoms with Crippen molar-refractivity contribution in [1.29, 1.82) is 0 Å². The lowest BCUT2D eigenvalue weighted by molar-refractivity contribution is 0.544. The maximum atomic E-state index is 13.6. The Kier molecular flexibility index (Phi) is 4.34. The van der Waals surface area contributed by atoms with Gasteiger partial charge in [-0.3, -0.25) is 0 Å².